The highest BCUT2D eigenvalue weighted by atomic mass is 35.5. The van der Waals surface area contributed by atoms with Crippen LogP contribution in [0.4, 0.5) is 0 Å². The Morgan fingerprint density at radius 1 is 1.19 bits per heavy atom. The van der Waals surface area contributed by atoms with Crippen LogP contribution in [0.1, 0.15) is 38.2 Å². The highest BCUT2D eigenvalue weighted by molar-refractivity contribution is 6.30. The van der Waals surface area contributed by atoms with Gasteiger partial charge in [0.1, 0.15) is 0 Å². The zero-order valence-corrected chi connectivity index (χ0v) is 14.2. The number of rotatable bonds is 9. The molecule has 2 atom stereocenters. The molecule has 3 heteroatoms. The van der Waals surface area contributed by atoms with E-state index < -0.39 is 6.10 Å². The fourth-order valence-electron chi connectivity index (χ4n) is 2.44. The second-order valence-corrected chi connectivity index (χ2v) is 6.36. The second-order valence-electron chi connectivity index (χ2n) is 5.92. The van der Waals surface area contributed by atoms with E-state index in [0.717, 1.165) is 23.6 Å². The maximum absolute atomic E-state index is 10.4. The van der Waals surface area contributed by atoms with Gasteiger partial charge >= 0.3 is 0 Å². The third-order valence-electron chi connectivity index (χ3n) is 3.62. The van der Waals surface area contributed by atoms with Gasteiger partial charge in [-0.25, -0.2) is 0 Å². The van der Waals surface area contributed by atoms with Crippen LogP contribution in [0.25, 0.3) is 6.08 Å². The molecule has 0 aromatic heterocycles. The zero-order valence-electron chi connectivity index (χ0n) is 13.4. The fourth-order valence-corrected chi connectivity index (χ4v) is 2.56. The quantitative estimate of drug-likeness (QED) is 0.680. The number of hydrogen-bond acceptors (Lipinski definition) is 2. The molecule has 0 aliphatic rings. The first-order chi connectivity index (χ1) is 10.0. The number of nitrogens with zero attached hydrogens (tertiary/aromatic N) is 1. The molecule has 0 unspecified atom stereocenters. The summed E-state index contributed by atoms with van der Waals surface area (Å²) in [6, 6.07) is 7.66. The highest BCUT2D eigenvalue weighted by Crippen LogP contribution is 2.18. The van der Waals surface area contributed by atoms with Gasteiger partial charge in [0.25, 0.3) is 0 Å². The van der Waals surface area contributed by atoms with Gasteiger partial charge in [-0.2, -0.15) is 0 Å². The standard InChI is InChI=1S/C18H28ClNO/c1-4-5-6-7-16(14-20(2)3)18(21)13-10-15-8-11-17(19)12-9-15/h8-13,16,18,21H,4-7,14H2,1-3H3/b13-10+/t16-,18+/m0/s1. The maximum atomic E-state index is 10.4. The van der Waals surface area contributed by atoms with Crippen molar-refractivity contribution in [1.82, 2.24) is 4.90 Å². The van der Waals surface area contributed by atoms with E-state index in [9.17, 15) is 5.11 Å². The lowest BCUT2D eigenvalue weighted by Crippen LogP contribution is -2.30. The van der Waals surface area contributed by atoms with Crippen LogP contribution in [-0.2, 0) is 0 Å². The predicted molar refractivity (Wildman–Crippen MR) is 92.7 cm³/mol. The average molecular weight is 310 g/mol. The summed E-state index contributed by atoms with van der Waals surface area (Å²) in [6.07, 6.45) is 8.18. The third kappa shape index (κ3) is 7.66. The van der Waals surface area contributed by atoms with E-state index in [4.69, 9.17) is 11.6 Å². The summed E-state index contributed by atoms with van der Waals surface area (Å²) in [6.45, 7) is 3.12. The van der Waals surface area contributed by atoms with Crippen molar-refractivity contribution < 1.29 is 5.11 Å². The van der Waals surface area contributed by atoms with Crippen LogP contribution in [0.2, 0.25) is 5.02 Å². The minimum absolute atomic E-state index is 0.287. The van der Waals surface area contributed by atoms with E-state index in [1.165, 1.54) is 19.3 Å². The van der Waals surface area contributed by atoms with Gasteiger partial charge in [0.05, 0.1) is 6.10 Å². The molecule has 1 aromatic carbocycles. The fraction of sp³-hybridized carbons (Fsp3) is 0.556. The normalized spacial score (nSPS) is 14.8. The molecule has 2 nitrogen and oxygen atoms in total. The molecule has 0 bridgehead atoms. The Bertz CT molecular complexity index is 414. The Morgan fingerprint density at radius 3 is 2.43 bits per heavy atom. The Kier molecular flexibility index (Phi) is 8.67. The van der Waals surface area contributed by atoms with Gasteiger partial charge in [-0.1, -0.05) is 62.1 Å². The van der Waals surface area contributed by atoms with Gasteiger partial charge in [-0.3, -0.25) is 0 Å². The van der Waals surface area contributed by atoms with Gasteiger partial charge in [-0.15, -0.1) is 0 Å². The van der Waals surface area contributed by atoms with E-state index in [0.29, 0.717) is 0 Å². The van der Waals surface area contributed by atoms with Crippen molar-refractivity contribution in [3.05, 3.63) is 40.9 Å². The lowest BCUT2D eigenvalue weighted by atomic mass is 9.94. The molecule has 21 heavy (non-hydrogen) atoms. The van der Waals surface area contributed by atoms with Crippen molar-refractivity contribution in [1.29, 1.82) is 0 Å². The van der Waals surface area contributed by atoms with Crippen molar-refractivity contribution in [3.8, 4) is 0 Å². The van der Waals surface area contributed by atoms with Crippen LogP contribution in [0.3, 0.4) is 0 Å². The van der Waals surface area contributed by atoms with E-state index in [1.807, 2.05) is 36.4 Å². The molecule has 0 aliphatic carbocycles. The van der Waals surface area contributed by atoms with E-state index in [1.54, 1.807) is 0 Å². The van der Waals surface area contributed by atoms with Gasteiger partial charge in [-0.05, 0) is 38.2 Å². The number of unbranched alkanes of at least 4 members (excludes halogenated alkanes) is 2. The molecule has 0 saturated carbocycles. The van der Waals surface area contributed by atoms with Gasteiger partial charge in [0, 0.05) is 17.5 Å². The molecule has 1 aromatic rings. The molecule has 1 rings (SSSR count). The summed E-state index contributed by atoms with van der Waals surface area (Å²) in [5, 5.41) is 11.2. The SMILES string of the molecule is CCCCC[C@@H](CN(C)C)[C@H](O)/C=C/c1ccc(Cl)cc1. The summed E-state index contributed by atoms with van der Waals surface area (Å²) in [4.78, 5) is 2.15. The second kappa shape index (κ2) is 9.99. The first-order valence-electron chi connectivity index (χ1n) is 7.79. The number of aliphatic hydroxyl groups excluding tert-OH is 1. The molecule has 0 heterocycles. The minimum atomic E-state index is -0.403. The van der Waals surface area contributed by atoms with Crippen molar-refractivity contribution >= 4 is 17.7 Å². The van der Waals surface area contributed by atoms with Gasteiger partial charge < -0.3 is 10.0 Å². The maximum Gasteiger partial charge on any atom is 0.0764 e. The smallest absolute Gasteiger partial charge is 0.0764 e. The lowest BCUT2D eigenvalue weighted by molar-refractivity contribution is 0.122. The third-order valence-corrected chi connectivity index (χ3v) is 3.87. The van der Waals surface area contributed by atoms with Crippen LogP contribution in [0, 0.1) is 5.92 Å². The van der Waals surface area contributed by atoms with Crippen molar-refractivity contribution in [2.45, 2.75) is 38.7 Å². The topological polar surface area (TPSA) is 23.5 Å². The van der Waals surface area contributed by atoms with Crippen LogP contribution >= 0.6 is 11.6 Å². The molecule has 0 spiro atoms. The van der Waals surface area contributed by atoms with Crippen molar-refractivity contribution in [2.75, 3.05) is 20.6 Å². The largest absolute Gasteiger partial charge is 0.389 e. The first kappa shape index (κ1) is 18.2. The Hall–Kier alpha value is -0.830. The van der Waals surface area contributed by atoms with Crippen LogP contribution in [0.5, 0.6) is 0 Å². The molecule has 0 aliphatic heterocycles. The number of aliphatic hydroxyl groups is 1. The summed E-state index contributed by atoms with van der Waals surface area (Å²) >= 11 is 5.87. The van der Waals surface area contributed by atoms with Gasteiger partial charge in [0.15, 0.2) is 0 Å². The average Bonchev–Trinajstić information content (AvgIpc) is 2.45. The molecule has 0 saturated heterocycles. The summed E-state index contributed by atoms with van der Waals surface area (Å²) < 4.78 is 0. The lowest BCUT2D eigenvalue weighted by Gasteiger charge is -2.24. The van der Waals surface area contributed by atoms with Crippen LogP contribution in [0.15, 0.2) is 30.3 Å². The van der Waals surface area contributed by atoms with Crippen LogP contribution in [-0.4, -0.2) is 36.8 Å². The molecule has 0 radical (unpaired) electrons. The molecule has 0 amide bonds. The first-order valence-corrected chi connectivity index (χ1v) is 8.17. The Balaban J connectivity index is 2.61. The minimum Gasteiger partial charge on any atom is -0.389 e. The van der Waals surface area contributed by atoms with Gasteiger partial charge in [0.2, 0.25) is 0 Å². The Labute approximate surface area is 134 Å². The van der Waals surface area contributed by atoms with E-state index in [2.05, 4.69) is 25.9 Å². The monoisotopic (exact) mass is 309 g/mol. The van der Waals surface area contributed by atoms with E-state index in [-0.39, 0.29) is 5.92 Å². The summed E-state index contributed by atoms with van der Waals surface area (Å²) in [7, 11) is 4.12. The molecule has 0 fully saturated rings. The molecular weight excluding hydrogens is 282 g/mol. The molecular formula is C18H28ClNO. The van der Waals surface area contributed by atoms with Crippen molar-refractivity contribution in [3.63, 3.8) is 0 Å². The number of benzene rings is 1. The Morgan fingerprint density at radius 2 is 1.86 bits per heavy atom. The summed E-state index contributed by atoms with van der Waals surface area (Å²) in [5.74, 6) is 0.287. The van der Waals surface area contributed by atoms with Crippen molar-refractivity contribution in [2.24, 2.45) is 5.92 Å². The number of halogens is 1. The number of hydrogen-bond donors (Lipinski definition) is 1. The summed E-state index contributed by atoms with van der Waals surface area (Å²) in [5.41, 5.74) is 1.07. The molecule has 1 N–H and O–H groups in total. The molecule has 118 valence electrons. The predicted octanol–water partition coefficient (Wildman–Crippen LogP) is 4.47. The highest BCUT2D eigenvalue weighted by Gasteiger charge is 2.17. The zero-order chi connectivity index (χ0) is 15.7. The van der Waals surface area contributed by atoms with Crippen LogP contribution < -0.4 is 0 Å². The van der Waals surface area contributed by atoms with E-state index >= 15 is 0 Å².